The topological polar surface area (TPSA) is 47.6 Å². The first kappa shape index (κ1) is 15.2. The molecule has 4 nitrogen and oxygen atoms in total. The Morgan fingerprint density at radius 2 is 2.00 bits per heavy atom. The molecule has 24 heavy (non-hydrogen) atoms. The molecule has 1 amide bonds. The second kappa shape index (κ2) is 6.67. The molecular formula is C18H15NO3S2. The molecule has 122 valence electrons. The van der Waals surface area contributed by atoms with E-state index in [0.29, 0.717) is 11.5 Å². The van der Waals surface area contributed by atoms with Crippen molar-refractivity contribution in [2.45, 2.75) is 12.1 Å². The highest BCUT2D eigenvalue weighted by atomic mass is 32.1. The van der Waals surface area contributed by atoms with Crippen LogP contribution in [-0.4, -0.2) is 18.6 Å². The van der Waals surface area contributed by atoms with Gasteiger partial charge in [0.15, 0.2) is 11.5 Å². The summed E-state index contributed by atoms with van der Waals surface area (Å²) in [5.74, 6) is 1.11. The van der Waals surface area contributed by atoms with Gasteiger partial charge in [0.1, 0.15) is 6.61 Å². The first-order valence-electron chi connectivity index (χ1n) is 7.55. The van der Waals surface area contributed by atoms with Crippen molar-refractivity contribution in [2.24, 2.45) is 0 Å². The van der Waals surface area contributed by atoms with Crippen LogP contribution in [-0.2, 0) is 4.79 Å². The van der Waals surface area contributed by atoms with E-state index in [4.69, 9.17) is 9.47 Å². The van der Waals surface area contributed by atoms with Crippen LogP contribution in [0.3, 0.4) is 0 Å². The smallest absolute Gasteiger partial charge is 0.265 e. The number of amides is 1. The quantitative estimate of drug-likeness (QED) is 0.771. The molecule has 0 unspecified atom stereocenters. The van der Waals surface area contributed by atoms with Crippen LogP contribution < -0.4 is 14.8 Å². The summed E-state index contributed by atoms with van der Waals surface area (Å²) in [6, 6.07) is 13.3. The van der Waals surface area contributed by atoms with Crippen molar-refractivity contribution in [3.8, 4) is 11.5 Å². The Morgan fingerprint density at radius 1 is 1.12 bits per heavy atom. The Kier molecular flexibility index (Phi) is 4.23. The lowest BCUT2D eigenvalue weighted by atomic mass is 10.1. The van der Waals surface area contributed by atoms with Crippen LogP contribution in [0.1, 0.15) is 16.5 Å². The first-order chi connectivity index (χ1) is 11.8. The Balaban J connectivity index is 1.52. The zero-order valence-electron chi connectivity index (χ0n) is 12.7. The fraction of sp³-hybridized carbons (Fsp3) is 0.167. The van der Waals surface area contributed by atoms with E-state index in [-0.39, 0.29) is 18.6 Å². The van der Waals surface area contributed by atoms with Crippen molar-refractivity contribution in [3.63, 3.8) is 0 Å². The molecule has 6 heteroatoms. The summed E-state index contributed by atoms with van der Waals surface area (Å²) in [5.41, 5.74) is 1.08. The minimum Gasteiger partial charge on any atom is -0.485 e. The molecule has 2 aromatic heterocycles. The average Bonchev–Trinajstić information content (AvgIpc) is 3.33. The molecule has 3 heterocycles. The highest BCUT2D eigenvalue weighted by molar-refractivity contribution is 7.10. The molecule has 1 N–H and O–H groups in total. The lowest BCUT2D eigenvalue weighted by Gasteiger charge is -2.27. The third kappa shape index (κ3) is 3.02. The van der Waals surface area contributed by atoms with Crippen LogP contribution in [0.25, 0.3) is 0 Å². The number of ether oxygens (including phenoxy) is 2. The van der Waals surface area contributed by atoms with Crippen LogP contribution in [0.2, 0.25) is 0 Å². The molecule has 1 aliphatic heterocycles. The summed E-state index contributed by atoms with van der Waals surface area (Å²) in [6.07, 6.45) is -0.652. The number of nitrogens with one attached hydrogen (secondary N) is 1. The molecule has 0 spiro atoms. The van der Waals surface area contributed by atoms with Crippen molar-refractivity contribution in [2.75, 3.05) is 6.61 Å². The molecular weight excluding hydrogens is 342 g/mol. The van der Waals surface area contributed by atoms with Crippen LogP contribution >= 0.6 is 22.7 Å². The van der Waals surface area contributed by atoms with Gasteiger partial charge in [-0.1, -0.05) is 18.2 Å². The maximum atomic E-state index is 12.7. The molecule has 0 bridgehead atoms. The number of hydrogen-bond donors (Lipinski definition) is 1. The molecule has 0 aliphatic carbocycles. The lowest BCUT2D eigenvalue weighted by molar-refractivity contribution is -0.130. The molecule has 1 aromatic carbocycles. The minimum absolute atomic E-state index is 0.162. The van der Waals surface area contributed by atoms with E-state index < -0.39 is 6.10 Å². The standard InChI is InChI=1S/C18H15NO3S2/c20-18(15-10-21-13-4-1-2-5-14(13)22-15)19-17(12-7-9-23-11-12)16-6-3-8-24-16/h1-9,11,15,17H,10H2,(H,19,20)/t15-,17-/m1/s1. The van der Waals surface area contributed by atoms with Crippen molar-refractivity contribution in [3.05, 3.63) is 69.0 Å². The van der Waals surface area contributed by atoms with E-state index in [1.165, 1.54) is 0 Å². The van der Waals surface area contributed by atoms with Crippen molar-refractivity contribution >= 4 is 28.6 Å². The molecule has 1 aliphatic rings. The number of rotatable bonds is 4. The number of carbonyl (C=O) groups excluding carboxylic acids is 1. The zero-order chi connectivity index (χ0) is 16.4. The number of thiophene rings is 2. The number of para-hydroxylation sites is 2. The molecule has 0 saturated carbocycles. The summed E-state index contributed by atoms with van der Waals surface area (Å²) in [6.45, 7) is 0.212. The fourth-order valence-electron chi connectivity index (χ4n) is 2.60. The fourth-order valence-corrected chi connectivity index (χ4v) is 4.09. The Hall–Kier alpha value is -2.31. The number of carbonyl (C=O) groups is 1. The van der Waals surface area contributed by atoms with Crippen LogP contribution in [0.5, 0.6) is 11.5 Å². The average molecular weight is 357 g/mol. The van der Waals surface area contributed by atoms with Gasteiger partial charge in [0.05, 0.1) is 6.04 Å². The zero-order valence-corrected chi connectivity index (χ0v) is 14.3. The van der Waals surface area contributed by atoms with Gasteiger partial charge in [0, 0.05) is 4.88 Å². The molecule has 2 atom stereocenters. The SMILES string of the molecule is O=C(N[C@H](c1ccsc1)c1cccs1)[C@H]1COc2ccccc2O1. The van der Waals surface area contributed by atoms with E-state index in [0.717, 1.165) is 10.4 Å². The molecule has 4 rings (SSSR count). The van der Waals surface area contributed by atoms with E-state index in [1.54, 1.807) is 22.7 Å². The summed E-state index contributed by atoms with van der Waals surface area (Å²) in [5, 5.41) is 9.17. The highest BCUT2D eigenvalue weighted by Crippen LogP contribution is 2.32. The van der Waals surface area contributed by atoms with E-state index >= 15 is 0 Å². The summed E-state index contributed by atoms with van der Waals surface area (Å²) >= 11 is 3.24. The largest absolute Gasteiger partial charge is 0.485 e. The molecule has 0 radical (unpaired) electrons. The summed E-state index contributed by atoms with van der Waals surface area (Å²) in [7, 11) is 0. The van der Waals surface area contributed by atoms with Gasteiger partial charge in [-0.05, 0) is 46.0 Å². The maximum absolute atomic E-state index is 12.7. The number of hydrogen-bond acceptors (Lipinski definition) is 5. The summed E-state index contributed by atoms with van der Waals surface area (Å²) in [4.78, 5) is 13.8. The van der Waals surface area contributed by atoms with Crippen molar-refractivity contribution in [1.29, 1.82) is 0 Å². The Bertz CT molecular complexity index is 780. The van der Waals surface area contributed by atoms with E-state index in [2.05, 4.69) is 10.7 Å². The van der Waals surface area contributed by atoms with Gasteiger partial charge in [0.25, 0.3) is 5.91 Å². The molecule has 3 aromatic rings. The van der Waals surface area contributed by atoms with Crippen LogP contribution in [0.4, 0.5) is 0 Å². The Labute approximate surface area is 147 Å². The highest BCUT2D eigenvalue weighted by Gasteiger charge is 2.30. The maximum Gasteiger partial charge on any atom is 0.265 e. The van der Waals surface area contributed by atoms with Gasteiger partial charge in [-0.25, -0.2) is 0 Å². The van der Waals surface area contributed by atoms with E-state index in [1.807, 2.05) is 53.2 Å². The van der Waals surface area contributed by atoms with E-state index in [9.17, 15) is 4.79 Å². The van der Waals surface area contributed by atoms with Crippen LogP contribution in [0, 0.1) is 0 Å². The van der Waals surface area contributed by atoms with Gasteiger partial charge in [-0.15, -0.1) is 11.3 Å². The van der Waals surface area contributed by atoms with Gasteiger partial charge in [-0.2, -0.15) is 11.3 Å². The molecule has 0 saturated heterocycles. The second-order valence-corrected chi connectivity index (χ2v) is 7.14. The first-order valence-corrected chi connectivity index (χ1v) is 9.38. The predicted molar refractivity (Wildman–Crippen MR) is 95.0 cm³/mol. The summed E-state index contributed by atoms with van der Waals surface area (Å²) < 4.78 is 11.4. The van der Waals surface area contributed by atoms with Crippen LogP contribution in [0.15, 0.2) is 58.6 Å². The second-order valence-electron chi connectivity index (χ2n) is 5.38. The van der Waals surface area contributed by atoms with Gasteiger partial charge < -0.3 is 14.8 Å². The third-order valence-electron chi connectivity index (χ3n) is 3.79. The number of fused-ring (bicyclic) bond motifs is 1. The van der Waals surface area contributed by atoms with Crippen molar-refractivity contribution < 1.29 is 14.3 Å². The van der Waals surface area contributed by atoms with Gasteiger partial charge >= 0.3 is 0 Å². The normalized spacial score (nSPS) is 17.2. The number of benzene rings is 1. The third-order valence-corrected chi connectivity index (χ3v) is 5.43. The van der Waals surface area contributed by atoms with Crippen molar-refractivity contribution in [1.82, 2.24) is 5.32 Å². The monoisotopic (exact) mass is 357 g/mol. The van der Waals surface area contributed by atoms with Gasteiger partial charge in [0.2, 0.25) is 6.10 Å². The minimum atomic E-state index is -0.652. The lowest BCUT2D eigenvalue weighted by Crippen LogP contribution is -2.45. The molecule has 0 fully saturated rings. The Morgan fingerprint density at radius 3 is 2.75 bits per heavy atom. The van der Waals surface area contributed by atoms with Gasteiger partial charge in [-0.3, -0.25) is 4.79 Å². The predicted octanol–water partition coefficient (Wildman–Crippen LogP) is 3.86.